The summed E-state index contributed by atoms with van der Waals surface area (Å²) in [4.78, 5) is 16.2. The Labute approximate surface area is 122 Å². The summed E-state index contributed by atoms with van der Waals surface area (Å²) in [5.74, 6) is 1.02. The third-order valence-electron chi connectivity index (χ3n) is 3.30. The Hall–Kier alpha value is -1.75. The number of alkyl halides is 1. The molecule has 0 saturated carbocycles. The summed E-state index contributed by atoms with van der Waals surface area (Å²) in [5, 5.41) is 0. The van der Waals surface area contributed by atoms with Gasteiger partial charge in [0.25, 0.3) is 0 Å². The minimum Gasteiger partial charge on any atom is -0.492 e. The largest absolute Gasteiger partial charge is 0.492 e. The lowest BCUT2D eigenvalue weighted by Crippen LogP contribution is -2.41. The first-order chi connectivity index (χ1) is 9.43. The van der Waals surface area contributed by atoms with Crippen molar-refractivity contribution in [1.29, 1.82) is 0 Å². The topological polar surface area (TPSA) is 70.1 Å². The van der Waals surface area contributed by atoms with Crippen LogP contribution in [-0.2, 0) is 16.2 Å². The maximum absolute atomic E-state index is 11.7. The number of carbonyl (C=O) groups excluding carboxylic acids is 1. The fourth-order valence-corrected chi connectivity index (χ4v) is 2.40. The summed E-state index contributed by atoms with van der Waals surface area (Å²) in [7, 11) is 0. The zero-order chi connectivity index (χ0) is 14.9. The number of carbonyl (C=O) groups is 1. The third kappa shape index (κ3) is 2.22. The molecule has 6 heteroatoms. The van der Waals surface area contributed by atoms with Gasteiger partial charge in [0.2, 0.25) is 5.91 Å². The second-order valence-electron chi connectivity index (χ2n) is 4.98. The van der Waals surface area contributed by atoms with Crippen molar-refractivity contribution in [2.24, 2.45) is 5.73 Å². The highest BCUT2D eigenvalue weighted by Gasteiger charge is 2.31. The van der Waals surface area contributed by atoms with Gasteiger partial charge in [-0.15, -0.1) is 11.6 Å². The molecule has 0 spiro atoms. The zero-order valence-corrected chi connectivity index (χ0v) is 12.6. The Kier molecular flexibility index (Phi) is 3.90. The highest BCUT2D eigenvalue weighted by atomic mass is 35.5. The molecule has 0 saturated heterocycles. The Bertz CT molecular complexity index is 649. The van der Waals surface area contributed by atoms with Crippen LogP contribution < -0.4 is 10.5 Å². The molecule has 0 aliphatic rings. The van der Waals surface area contributed by atoms with Gasteiger partial charge in [0.15, 0.2) is 0 Å². The van der Waals surface area contributed by atoms with Crippen LogP contribution in [0.3, 0.4) is 0 Å². The first kappa shape index (κ1) is 14.7. The molecule has 0 atom stereocenters. The lowest BCUT2D eigenvalue weighted by atomic mass is 10.0. The Morgan fingerprint density at radius 1 is 1.50 bits per heavy atom. The van der Waals surface area contributed by atoms with Gasteiger partial charge in [-0.25, -0.2) is 4.98 Å². The van der Waals surface area contributed by atoms with Crippen LogP contribution in [0, 0.1) is 0 Å². The molecule has 0 aliphatic heterocycles. The number of nitrogens with two attached hydrogens (primary N) is 1. The van der Waals surface area contributed by atoms with E-state index in [9.17, 15) is 4.79 Å². The number of halogens is 1. The van der Waals surface area contributed by atoms with Crippen molar-refractivity contribution in [2.45, 2.75) is 32.2 Å². The third-order valence-corrected chi connectivity index (χ3v) is 3.54. The number of imidazole rings is 1. The number of hydrogen-bond acceptors (Lipinski definition) is 3. The Balaban J connectivity index is 2.77. The fourth-order valence-electron chi connectivity index (χ4n) is 2.22. The molecule has 0 radical (unpaired) electrons. The molecular weight excluding hydrogens is 278 g/mol. The fraction of sp³-hybridized carbons (Fsp3) is 0.429. The van der Waals surface area contributed by atoms with Gasteiger partial charge in [-0.3, -0.25) is 4.79 Å². The number of fused-ring (bicyclic) bond motifs is 1. The highest BCUT2D eigenvalue weighted by Crippen LogP contribution is 2.31. The van der Waals surface area contributed by atoms with Crippen molar-refractivity contribution in [3.63, 3.8) is 0 Å². The summed E-state index contributed by atoms with van der Waals surface area (Å²) in [6, 6.07) is 5.59. The zero-order valence-electron chi connectivity index (χ0n) is 11.8. The number of amides is 1. The van der Waals surface area contributed by atoms with Crippen LogP contribution in [0.15, 0.2) is 18.2 Å². The van der Waals surface area contributed by atoms with Crippen LogP contribution in [0.1, 0.15) is 26.6 Å². The normalized spacial score (nSPS) is 11.8. The van der Waals surface area contributed by atoms with Crippen molar-refractivity contribution in [3.05, 3.63) is 24.0 Å². The van der Waals surface area contributed by atoms with Crippen LogP contribution in [0.2, 0.25) is 0 Å². The summed E-state index contributed by atoms with van der Waals surface area (Å²) >= 11 is 5.97. The first-order valence-electron chi connectivity index (χ1n) is 6.43. The molecule has 1 aromatic heterocycles. The summed E-state index contributed by atoms with van der Waals surface area (Å²) in [5.41, 5.74) is 6.08. The van der Waals surface area contributed by atoms with E-state index in [-0.39, 0.29) is 5.88 Å². The Morgan fingerprint density at radius 2 is 2.20 bits per heavy atom. The highest BCUT2D eigenvalue weighted by molar-refractivity contribution is 6.17. The molecule has 1 heterocycles. The van der Waals surface area contributed by atoms with E-state index < -0.39 is 11.4 Å². The molecule has 0 bridgehead atoms. The van der Waals surface area contributed by atoms with Gasteiger partial charge >= 0.3 is 0 Å². The molecule has 0 unspecified atom stereocenters. The second kappa shape index (κ2) is 5.32. The minimum atomic E-state index is -0.913. The number of benzene rings is 1. The van der Waals surface area contributed by atoms with Crippen molar-refractivity contribution in [1.82, 2.24) is 9.55 Å². The number of nitrogens with zero attached hydrogens (tertiary/aromatic N) is 2. The minimum absolute atomic E-state index is 0.191. The summed E-state index contributed by atoms with van der Waals surface area (Å²) in [6.45, 7) is 5.95. The van der Waals surface area contributed by atoms with Crippen molar-refractivity contribution in [2.75, 3.05) is 6.61 Å². The Morgan fingerprint density at radius 3 is 2.75 bits per heavy atom. The standard InChI is InChI=1S/C14H18ClN3O2/c1-4-20-10-7-5-6-9-12(10)17-11(8-15)18(9)14(2,3)13(16)19/h5-7H,4,8H2,1-3H3,(H2,16,19). The van der Waals surface area contributed by atoms with Gasteiger partial charge in [0.05, 0.1) is 18.0 Å². The molecule has 108 valence electrons. The second-order valence-corrected chi connectivity index (χ2v) is 5.24. The molecule has 0 fully saturated rings. The van der Waals surface area contributed by atoms with Crippen LogP contribution in [0.4, 0.5) is 0 Å². The molecule has 1 amide bonds. The summed E-state index contributed by atoms with van der Waals surface area (Å²) in [6.07, 6.45) is 0. The van der Waals surface area contributed by atoms with E-state index in [0.29, 0.717) is 23.7 Å². The average molecular weight is 296 g/mol. The smallest absolute Gasteiger partial charge is 0.243 e. The average Bonchev–Trinajstić information content (AvgIpc) is 2.79. The molecule has 2 rings (SSSR count). The number of ether oxygens (including phenoxy) is 1. The van der Waals surface area contributed by atoms with E-state index in [1.807, 2.05) is 25.1 Å². The van der Waals surface area contributed by atoms with Crippen LogP contribution in [-0.4, -0.2) is 22.1 Å². The van der Waals surface area contributed by atoms with Gasteiger partial charge in [-0.1, -0.05) is 6.07 Å². The SMILES string of the molecule is CCOc1cccc2c1nc(CCl)n2C(C)(C)C(N)=O. The van der Waals surface area contributed by atoms with Crippen LogP contribution >= 0.6 is 11.6 Å². The van der Waals surface area contributed by atoms with Gasteiger partial charge in [-0.2, -0.15) is 0 Å². The van der Waals surface area contributed by atoms with Crippen LogP contribution in [0.25, 0.3) is 11.0 Å². The maximum atomic E-state index is 11.7. The molecule has 2 N–H and O–H groups in total. The van der Waals surface area contributed by atoms with E-state index in [0.717, 1.165) is 5.52 Å². The molecule has 20 heavy (non-hydrogen) atoms. The predicted molar refractivity (Wildman–Crippen MR) is 79.0 cm³/mol. The number of primary amides is 1. The number of hydrogen-bond donors (Lipinski definition) is 1. The molecule has 5 nitrogen and oxygen atoms in total. The van der Waals surface area contributed by atoms with Crippen molar-refractivity contribution in [3.8, 4) is 5.75 Å². The summed E-state index contributed by atoms with van der Waals surface area (Å²) < 4.78 is 7.35. The monoisotopic (exact) mass is 295 g/mol. The molecular formula is C14H18ClN3O2. The molecule has 0 aliphatic carbocycles. The van der Waals surface area contributed by atoms with Crippen LogP contribution in [0.5, 0.6) is 5.75 Å². The van der Waals surface area contributed by atoms with Gasteiger partial charge in [-0.05, 0) is 32.9 Å². The maximum Gasteiger partial charge on any atom is 0.243 e. The van der Waals surface area contributed by atoms with Gasteiger partial charge < -0.3 is 15.0 Å². The molecule has 2 aromatic rings. The van der Waals surface area contributed by atoms with E-state index in [2.05, 4.69) is 4.98 Å². The van der Waals surface area contributed by atoms with E-state index in [4.69, 9.17) is 22.1 Å². The lowest BCUT2D eigenvalue weighted by Gasteiger charge is -2.25. The van der Waals surface area contributed by atoms with Gasteiger partial charge in [0, 0.05) is 0 Å². The van der Waals surface area contributed by atoms with Crippen molar-refractivity contribution < 1.29 is 9.53 Å². The number of aromatic nitrogens is 2. The van der Waals surface area contributed by atoms with E-state index >= 15 is 0 Å². The van der Waals surface area contributed by atoms with Gasteiger partial charge in [0.1, 0.15) is 22.6 Å². The molecule has 1 aromatic carbocycles. The number of para-hydroxylation sites is 1. The van der Waals surface area contributed by atoms with E-state index in [1.165, 1.54) is 0 Å². The van der Waals surface area contributed by atoms with Crippen molar-refractivity contribution >= 4 is 28.5 Å². The lowest BCUT2D eigenvalue weighted by molar-refractivity contribution is -0.125. The number of rotatable bonds is 5. The first-order valence-corrected chi connectivity index (χ1v) is 6.96. The predicted octanol–water partition coefficient (Wildman–Crippen LogP) is 2.39. The van der Waals surface area contributed by atoms with E-state index in [1.54, 1.807) is 18.4 Å². The quantitative estimate of drug-likeness (QED) is 0.861.